The molecule has 0 aliphatic heterocycles. The number of phenolic OH excluding ortho intramolecular Hbond substituents is 1. The van der Waals surface area contributed by atoms with Crippen molar-refractivity contribution in [2.45, 2.75) is 6.54 Å². The summed E-state index contributed by atoms with van der Waals surface area (Å²) in [6, 6.07) is 13.2. The summed E-state index contributed by atoms with van der Waals surface area (Å²) in [6.45, 7) is 0.416. The molecule has 3 nitrogen and oxygen atoms in total. The maximum atomic E-state index is 9.88. The van der Waals surface area contributed by atoms with E-state index in [-0.39, 0.29) is 5.75 Å². The third-order valence-electron chi connectivity index (χ3n) is 2.45. The topological polar surface area (TPSA) is 44.3 Å². The third-order valence-corrected chi connectivity index (χ3v) is 3.44. The van der Waals surface area contributed by atoms with Crippen LogP contribution in [-0.4, -0.2) is 5.11 Å². The molecule has 0 atom stereocenters. The van der Waals surface area contributed by atoms with E-state index in [4.69, 9.17) is 11.6 Å². The highest BCUT2D eigenvalue weighted by atomic mass is 79.9. The van der Waals surface area contributed by atoms with Gasteiger partial charge in [-0.2, -0.15) is 0 Å². The van der Waals surface area contributed by atoms with Crippen LogP contribution in [0.3, 0.4) is 0 Å². The Hall–Kier alpha value is -1.23. The van der Waals surface area contributed by atoms with Crippen LogP contribution < -0.4 is 10.9 Å². The Morgan fingerprint density at radius 1 is 1.11 bits per heavy atom. The maximum Gasteiger partial charge on any atom is 0.135 e. The summed E-state index contributed by atoms with van der Waals surface area (Å²) in [5, 5.41) is 10.4. The SMILES string of the molecule is Oc1c(Br)ccc(Cl)c1CNNc1ccccc1. The number of rotatable bonds is 4. The van der Waals surface area contributed by atoms with Crippen molar-refractivity contribution in [2.24, 2.45) is 0 Å². The Bertz CT molecular complexity index is 534. The summed E-state index contributed by atoms with van der Waals surface area (Å²) in [6.07, 6.45) is 0. The van der Waals surface area contributed by atoms with Crippen molar-refractivity contribution in [3.8, 4) is 5.75 Å². The molecule has 0 radical (unpaired) electrons. The summed E-state index contributed by atoms with van der Waals surface area (Å²) >= 11 is 9.29. The lowest BCUT2D eigenvalue weighted by Crippen LogP contribution is -2.21. The van der Waals surface area contributed by atoms with Gasteiger partial charge in [-0.3, -0.25) is 0 Å². The second-order valence-corrected chi connectivity index (χ2v) is 4.96. The van der Waals surface area contributed by atoms with Crippen molar-refractivity contribution in [3.63, 3.8) is 0 Å². The van der Waals surface area contributed by atoms with Crippen LogP contribution in [0, 0.1) is 0 Å². The molecule has 0 aliphatic rings. The Morgan fingerprint density at radius 2 is 1.83 bits per heavy atom. The predicted octanol–water partition coefficient (Wildman–Crippen LogP) is 3.92. The van der Waals surface area contributed by atoms with Crippen LogP contribution in [0.1, 0.15) is 5.56 Å². The molecular formula is C13H12BrClN2O. The third kappa shape index (κ3) is 3.16. The van der Waals surface area contributed by atoms with Crippen molar-refractivity contribution < 1.29 is 5.11 Å². The zero-order chi connectivity index (χ0) is 13.0. The van der Waals surface area contributed by atoms with E-state index in [1.165, 1.54) is 0 Å². The fraction of sp³-hybridized carbons (Fsp3) is 0.0769. The molecule has 94 valence electrons. The smallest absolute Gasteiger partial charge is 0.135 e. The maximum absolute atomic E-state index is 9.88. The van der Waals surface area contributed by atoms with E-state index < -0.39 is 0 Å². The van der Waals surface area contributed by atoms with Gasteiger partial charge >= 0.3 is 0 Å². The van der Waals surface area contributed by atoms with E-state index in [1.54, 1.807) is 12.1 Å². The number of anilines is 1. The van der Waals surface area contributed by atoms with Gasteiger partial charge in [0.1, 0.15) is 5.75 Å². The quantitative estimate of drug-likeness (QED) is 0.746. The summed E-state index contributed by atoms with van der Waals surface area (Å²) in [5.41, 5.74) is 7.64. The van der Waals surface area contributed by atoms with Crippen LogP contribution in [0.5, 0.6) is 5.75 Å². The largest absolute Gasteiger partial charge is 0.506 e. The van der Waals surface area contributed by atoms with E-state index in [0.717, 1.165) is 5.69 Å². The zero-order valence-electron chi connectivity index (χ0n) is 9.45. The summed E-state index contributed by atoms with van der Waals surface area (Å²) in [5.74, 6) is 0.157. The first-order valence-corrected chi connectivity index (χ1v) is 6.55. The van der Waals surface area contributed by atoms with Gasteiger partial charge in [-0.15, -0.1) is 0 Å². The molecule has 2 aromatic rings. The molecule has 0 aromatic heterocycles. The second-order valence-electron chi connectivity index (χ2n) is 3.70. The Balaban J connectivity index is 2.01. The van der Waals surface area contributed by atoms with Crippen molar-refractivity contribution >= 4 is 33.2 Å². The van der Waals surface area contributed by atoms with Crippen molar-refractivity contribution in [1.29, 1.82) is 0 Å². The number of nitrogens with one attached hydrogen (secondary N) is 2. The standard InChI is InChI=1S/C13H12BrClN2O/c14-11-6-7-12(15)10(13(11)18)8-16-17-9-4-2-1-3-5-9/h1-7,16-18H,8H2. The lowest BCUT2D eigenvalue weighted by Gasteiger charge is -2.11. The number of hydrogen-bond acceptors (Lipinski definition) is 3. The summed E-state index contributed by atoms with van der Waals surface area (Å²) in [7, 11) is 0. The summed E-state index contributed by atoms with van der Waals surface area (Å²) < 4.78 is 0.628. The molecule has 0 bridgehead atoms. The lowest BCUT2D eigenvalue weighted by molar-refractivity contribution is 0.462. The molecule has 18 heavy (non-hydrogen) atoms. The minimum Gasteiger partial charge on any atom is -0.506 e. The van der Waals surface area contributed by atoms with Crippen LogP contribution in [0.2, 0.25) is 5.02 Å². The first-order valence-electron chi connectivity index (χ1n) is 5.38. The Kier molecular flexibility index (Phi) is 4.47. The Labute approximate surface area is 119 Å². The number of para-hydroxylation sites is 1. The van der Waals surface area contributed by atoms with Crippen LogP contribution in [0.15, 0.2) is 46.9 Å². The Morgan fingerprint density at radius 3 is 2.56 bits per heavy atom. The average molecular weight is 328 g/mol. The predicted molar refractivity (Wildman–Crippen MR) is 77.7 cm³/mol. The van der Waals surface area contributed by atoms with Crippen LogP contribution >= 0.6 is 27.5 Å². The van der Waals surface area contributed by atoms with E-state index in [1.807, 2.05) is 30.3 Å². The highest BCUT2D eigenvalue weighted by Crippen LogP contribution is 2.32. The molecule has 5 heteroatoms. The highest BCUT2D eigenvalue weighted by Gasteiger charge is 2.09. The summed E-state index contributed by atoms with van der Waals surface area (Å²) in [4.78, 5) is 0. The normalized spacial score (nSPS) is 10.3. The van der Waals surface area contributed by atoms with Gasteiger partial charge in [-0.25, -0.2) is 5.43 Å². The van der Waals surface area contributed by atoms with E-state index in [2.05, 4.69) is 26.8 Å². The fourth-order valence-corrected chi connectivity index (χ4v) is 2.10. The van der Waals surface area contributed by atoms with Gasteiger partial charge in [0.15, 0.2) is 0 Å². The molecule has 2 rings (SSSR count). The van der Waals surface area contributed by atoms with Crippen LogP contribution in [-0.2, 0) is 6.54 Å². The molecule has 0 spiro atoms. The van der Waals surface area contributed by atoms with Crippen molar-refractivity contribution in [2.75, 3.05) is 5.43 Å². The van der Waals surface area contributed by atoms with Gasteiger partial charge in [0.2, 0.25) is 0 Å². The van der Waals surface area contributed by atoms with Crippen LogP contribution in [0.25, 0.3) is 0 Å². The molecule has 3 N–H and O–H groups in total. The molecule has 0 saturated carbocycles. The molecule has 2 aromatic carbocycles. The van der Waals surface area contributed by atoms with E-state index in [9.17, 15) is 5.11 Å². The van der Waals surface area contributed by atoms with Crippen LogP contribution in [0.4, 0.5) is 5.69 Å². The average Bonchev–Trinajstić information content (AvgIpc) is 2.39. The first kappa shape index (κ1) is 13.2. The molecule has 0 aliphatic carbocycles. The fourth-order valence-electron chi connectivity index (χ4n) is 1.51. The van der Waals surface area contributed by atoms with E-state index >= 15 is 0 Å². The van der Waals surface area contributed by atoms with E-state index in [0.29, 0.717) is 21.6 Å². The zero-order valence-corrected chi connectivity index (χ0v) is 11.8. The number of hydrogen-bond donors (Lipinski definition) is 3. The molecular weight excluding hydrogens is 316 g/mol. The monoisotopic (exact) mass is 326 g/mol. The minimum atomic E-state index is 0.157. The molecule has 0 amide bonds. The molecule has 0 saturated heterocycles. The van der Waals surface area contributed by atoms with Gasteiger partial charge in [0.05, 0.1) is 4.47 Å². The molecule has 0 fully saturated rings. The number of aromatic hydroxyl groups is 1. The van der Waals surface area contributed by atoms with Gasteiger partial charge < -0.3 is 10.5 Å². The van der Waals surface area contributed by atoms with Gasteiger partial charge in [0.25, 0.3) is 0 Å². The number of hydrazine groups is 1. The van der Waals surface area contributed by atoms with Crippen molar-refractivity contribution in [3.05, 3.63) is 57.5 Å². The van der Waals surface area contributed by atoms with Gasteiger partial charge in [0, 0.05) is 22.8 Å². The lowest BCUT2D eigenvalue weighted by atomic mass is 10.2. The first-order chi connectivity index (χ1) is 8.68. The number of halogens is 2. The minimum absolute atomic E-state index is 0.157. The molecule has 0 heterocycles. The van der Waals surface area contributed by atoms with Gasteiger partial charge in [-0.1, -0.05) is 29.8 Å². The molecule has 0 unspecified atom stereocenters. The van der Waals surface area contributed by atoms with Gasteiger partial charge in [-0.05, 0) is 40.2 Å². The second kappa shape index (κ2) is 6.09. The number of benzene rings is 2. The van der Waals surface area contributed by atoms with Crippen molar-refractivity contribution in [1.82, 2.24) is 5.43 Å². The number of phenols is 1. The highest BCUT2D eigenvalue weighted by molar-refractivity contribution is 9.10.